The number of hydrogen-bond acceptors (Lipinski definition) is 8. The van der Waals surface area contributed by atoms with Crippen LogP contribution in [0.15, 0.2) is 73.2 Å². The maximum atomic E-state index is 5.56. The van der Waals surface area contributed by atoms with Gasteiger partial charge in [-0.05, 0) is 18.2 Å². The van der Waals surface area contributed by atoms with Gasteiger partial charge in [-0.2, -0.15) is 5.10 Å². The molecule has 188 valence electrons. The van der Waals surface area contributed by atoms with E-state index < -0.39 is 0 Å². The van der Waals surface area contributed by atoms with Crippen LogP contribution in [0, 0.1) is 0 Å². The Labute approximate surface area is 214 Å². The molecule has 0 N–H and O–H groups in total. The largest absolute Gasteiger partial charge is 0.497 e. The third kappa shape index (κ3) is 4.84. The van der Waals surface area contributed by atoms with E-state index >= 15 is 0 Å². The van der Waals surface area contributed by atoms with Crippen molar-refractivity contribution < 1.29 is 18.9 Å². The van der Waals surface area contributed by atoms with Gasteiger partial charge in [0, 0.05) is 60.9 Å². The molecule has 0 aliphatic rings. The monoisotopic (exact) mass is 497 g/mol. The van der Waals surface area contributed by atoms with Gasteiger partial charge in [0.05, 0.1) is 68.9 Å². The van der Waals surface area contributed by atoms with Crippen molar-refractivity contribution in [3.63, 3.8) is 0 Å². The fourth-order valence-electron chi connectivity index (χ4n) is 4.12. The van der Waals surface area contributed by atoms with Gasteiger partial charge in [-0.3, -0.25) is 9.67 Å². The summed E-state index contributed by atoms with van der Waals surface area (Å²) in [5, 5.41) is 4.26. The number of rotatable bonds is 8. The number of methoxy groups -OCH3 is 4. The summed E-state index contributed by atoms with van der Waals surface area (Å²) in [7, 11) is 8.39. The van der Waals surface area contributed by atoms with Crippen molar-refractivity contribution >= 4 is 28.1 Å². The van der Waals surface area contributed by atoms with E-state index in [1.54, 1.807) is 45.5 Å². The molecular weight excluding hydrogens is 470 g/mol. The summed E-state index contributed by atoms with van der Waals surface area (Å²) in [5.41, 5.74) is 5.67. The molecule has 0 spiro atoms. The molecule has 0 unspecified atom stereocenters. The molecule has 5 rings (SSSR count). The number of aromatic nitrogens is 4. The van der Waals surface area contributed by atoms with Crippen LogP contribution in [-0.4, -0.2) is 48.2 Å². The Morgan fingerprint density at radius 3 is 1.70 bits per heavy atom. The zero-order chi connectivity index (χ0) is 25.9. The molecule has 0 fully saturated rings. The van der Waals surface area contributed by atoms with Crippen LogP contribution in [0.1, 0.15) is 0 Å². The second-order valence-electron chi connectivity index (χ2n) is 8.31. The quantitative estimate of drug-likeness (QED) is 0.277. The fourth-order valence-corrected chi connectivity index (χ4v) is 4.12. The molecular formula is C28H27N5O4. The van der Waals surface area contributed by atoms with Gasteiger partial charge in [0.1, 0.15) is 23.0 Å². The topological polar surface area (TPSA) is 83.8 Å². The summed E-state index contributed by atoms with van der Waals surface area (Å²) in [4.78, 5) is 11.6. The van der Waals surface area contributed by atoms with Gasteiger partial charge in [-0.25, -0.2) is 4.98 Å². The minimum atomic E-state index is 0.661. The van der Waals surface area contributed by atoms with Gasteiger partial charge in [-0.1, -0.05) is 0 Å². The first kappa shape index (κ1) is 23.9. The van der Waals surface area contributed by atoms with Crippen LogP contribution in [0.25, 0.3) is 22.3 Å². The lowest BCUT2D eigenvalue weighted by Gasteiger charge is -2.27. The number of hydrogen-bond donors (Lipinski definition) is 0. The van der Waals surface area contributed by atoms with Crippen LogP contribution in [0.4, 0.5) is 17.1 Å². The lowest BCUT2D eigenvalue weighted by atomic mass is 10.1. The van der Waals surface area contributed by atoms with Crippen molar-refractivity contribution in [3.05, 3.63) is 73.2 Å². The van der Waals surface area contributed by atoms with Gasteiger partial charge < -0.3 is 23.8 Å². The van der Waals surface area contributed by atoms with E-state index in [9.17, 15) is 0 Å². The molecule has 37 heavy (non-hydrogen) atoms. The number of ether oxygens (including phenoxy) is 4. The number of nitrogens with zero attached hydrogens (tertiary/aromatic N) is 5. The smallest absolute Gasteiger partial charge is 0.124 e. The predicted octanol–water partition coefficient (Wildman–Crippen LogP) is 5.53. The molecule has 9 heteroatoms. The Kier molecular flexibility index (Phi) is 6.51. The molecule has 0 atom stereocenters. The van der Waals surface area contributed by atoms with Crippen molar-refractivity contribution in [3.8, 4) is 34.3 Å². The first-order valence-electron chi connectivity index (χ1n) is 11.5. The normalized spacial score (nSPS) is 10.8. The summed E-state index contributed by atoms with van der Waals surface area (Å²) in [5.74, 6) is 2.64. The summed E-state index contributed by atoms with van der Waals surface area (Å²) >= 11 is 0. The molecule has 0 bridgehead atoms. The zero-order valence-electron chi connectivity index (χ0n) is 21.3. The van der Waals surface area contributed by atoms with Crippen molar-refractivity contribution in [2.75, 3.05) is 33.3 Å². The molecule has 9 nitrogen and oxygen atoms in total. The highest BCUT2D eigenvalue weighted by Gasteiger charge is 2.18. The second-order valence-corrected chi connectivity index (χ2v) is 8.31. The van der Waals surface area contributed by atoms with E-state index in [1.807, 2.05) is 67.8 Å². The van der Waals surface area contributed by atoms with E-state index in [0.29, 0.717) is 23.0 Å². The van der Waals surface area contributed by atoms with Gasteiger partial charge in [-0.15, -0.1) is 0 Å². The molecule has 5 aromatic rings. The highest BCUT2D eigenvalue weighted by molar-refractivity contribution is 5.86. The number of anilines is 3. The molecule has 3 aromatic carbocycles. The van der Waals surface area contributed by atoms with Crippen molar-refractivity contribution in [1.82, 2.24) is 19.7 Å². The zero-order valence-corrected chi connectivity index (χ0v) is 21.3. The van der Waals surface area contributed by atoms with Crippen LogP contribution >= 0.6 is 0 Å². The van der Waals surface area contributed by atoms with E-state index in [1.165, 1.54) is 0 Å². The fraction of sp³-hybridized carbons (Fsp3) is 0.179. The van der Waals surface area contributed by atoms with Crippen molar-refractivity contribution in [2.45, 2.75) is 0 Å². The standard InChI is InChI=1S/C28H27N5O4/c1-32-17-18(15-30-32)28-16-29-26-7-6-19(12-27(26)31-28)33(20-8-22(34-2)13-23(9-20)35-3)21-10-24(36-4)14-25(11-21)37-5/h6-17H,1-5H3. The van der Waals surface area contributed by atoms with E-state index in [-0.39, 0.29) is 0 Å². The minimum absolute atomic E-state index is 0.661. The highest BCUT2D eigenvalue weighted by atomic mass is 16.5. The van der Waals surface area contributed by atoms with E-state index in [4.69, 9.17) is 23.9 Å². The van der Waals surface area contributed by atoms with Crippen LogP contribution in [0.2, 0.25) is 0 Å². The van der Waals surface area contributed by atoms with Crippen LogP contribution in [0.3, 0.4) is 0 Å². The minimum Gasteiger partial charge on any atom is -0.497 e. The Bertz CT molecular complexity index is 1470. The molecule has 0 amide bonds. The third-order valence-corrected chi connectivity index (χ3v) is 5.97. The first-order chi connectivity index (χ1) is 18.0. The molecule has 0 saturated carbocycles. The van der Waals surface area contributed by atoms with E-state index in [2.05, 4.69) is 15.0 Å². The molecule has 0 saturated heterocycles. The van der Waals surface area contributed by atoms with Crippen LogP contribution in [-0.2, 0) is 7.05 Å². The van der Waals surface area contributed by atoms with Gasteiger partial charge in [0.2, 0.25) is 0 Å². The molecule has 0 radical (unpaired) electrons. The summed E-state index contributed by atoms with van der Waals surface area (Å²) in [6.07, 6.45) is 5.45. The molecule has 0 aliphatic carbocycles. The van der Waals surface area contributed by atoms with Crippen molar-refractivity contribution in [1.29, 1.82) is 0 Å². The molecule has 2 heterocycles. The second kappa shape index (κ2) is 10.1. The summed E-state index contributed by atoms with van der Waals surface area (Å²) in [6, 6.07) is 17.4. The number of fused-ring (bicyclic) bond motifs is 1. The van der Waals surface area contributed by atoms with Crippen LogP contribution < -0.4 is 23.8 Å². The first-order valence-corrected chi connectivity index (χ1v) is 11.5. The molecule has 0 aliphatic heterocycles. The molecule has 2 aromatic heterocycles. The summed E-state index contributed by atoms with van der Waals surface area (Å²) in [6.45, 7) is 0. The van der Waals surface area contributed by atoms with Gasteiger partial charge in [0.25, 0.3) is 0 Å². The van der Waals surface area contributed by atoms with Gasteiger partial charge in [0.15, 0.2) is 0 Å². The Hall–Kier alpha value is -4.79. The highest BCUT2D eigenvalue weighted by Crippen LogP contribution is 2.42. The Morgan fingerprint density at radius 1 is 0.649 bits per heavy atom. The Morgan fingerprint density at radius 2 is 1.22 bits per heavy atom. The van der Waals surface area contributed by atoms with Crippen molar-refractivity contribution in [2.24, 2.45) is 7.05 Å². The number of aryl methyl sites for hydroxylation is 1. The average Bonchev–Trinajstić information content (AvgIpc) is 3.38. The maximum absolute atomic E-state index is 5.56. The third-order valence-electron chi connectivity index (χ3n) is 5.97. The lowest BCUT2D eigenvalue weighted by molar-refractivity contribution is 0.394. The average molecular weight is 498 g/mol. The maximum Gasteiger partial charge on any atom is 0.124 e. The van der Waals surface area contributed by atoms with Gasteiger partial charge >= 0.3 is 0 Å². The van der Waals surface area contributed by atoms with Crippen LogP contribution in [0.5, 0.6) is 23.0 Å². The van der Waals surface area contributed by atoms with E-state index in [0.717, 1.165) is 39.4 Å². The SMILES string of the molecule is COc1cc(OC)cc(N(c2cc(OC)cc(OC)c2)c2ccc3ncc(-c4cnn(C)c4)nc3c2)c1. The lowest BCUT2D eigenvalue weighted by Crippen LogP contribution is -2.11. The number of benzene rings is 3. The summed E-state index contributed by atoms with van der Waals surface area (Å²) < 4.78 is 24.0. The Balaban J connectivity index is 1.72. The predicted molar refractivity (Wildman–Crippen MR) is 143 cm³/mol.